The predicted molar refractivity (Wildman–Crippen MR) is 91.8 cm³/mol. The minimum absolute atomic E-state index is 0.0203. The van der Waals surface area contributed by atoms with E-state index in [0.717, 1.165) is 0 Å². The van der Waals surface area contributed by atoms with E-state index in [2.05, 4.69) is 9.44 Å². The Kier molecular flexibility index (Phi) is 5.18. The summed E-state index contributed by atoms with van der Waals surface area (Å²) in [5.41, 5.74) is 0.683. The molecule has 2 N–H and O–H groups in total. The molecule has 0 heterocycles. The smallest absolute Gasteiger partial charge is 0.261 e. The Labute approximate surface area is 140 Å². The van der Waals surface area contributed by atoms with E-state index in [1.807, 2.05) is 0 Å². The average molecular weight is 375 g/mol. The molecular formula is C14H15ClN2O4S2. The van der Waals surface area contributed by atoms with Gasteiger partial charge in [-0.15, -0.1) is 0 Å². The monoisotopic (exact) mass is 374 g/mol. The molecule has 0 saturated heterocycles. The molecule has 2 aromatic rings. The number of hydrogen-bond donors (Lipinski definition) is 2. The molecule has 0 amide bonds. The summed E-state index contributed by atoms with van der Waals surface area (Å²) in [6, 6.07) is 11.7. The average Bonchev–Trinajstić information content (AvgIpc) is 2.50. The van der Waals surface area contributed by atoms with Crippen LogP contribution in [-0.2, 0) is 20.0 Å². The van der Waals surface area contributed by atoms with Crippen molar-refractivity contribution >= 4 is 43.0 Å². The van der Waals surface area contributed by atoms with Gasteiger partial charge in [0.05, 0.1) is 10.6 Å². The summed E-state index contributed by atoms with van der Waals surface area (Å²) in [6.45, 7) is 1.51. The first-order chi connectivity index (χ1) is 10.7. The number of benzene rings is 2. The molecule has 0 bridgehead atoms. The van der Waals surface area contributed by atoms with Crippen molar-refractivity contribution in [2.75, 3.05) is 15.2 Å². The fourth-order valence-corrected chi connectivity index (χ4v) is 3.51. The van der Waals surface area contributed by atoms with Crippen LogP contribution < -0.4 is 9.44 Å². The molecular weight excluding hydrogens is 360 g/mol. The molecule has 9 heteroatoms. The summed E-state index contributed by atoms with van der Waals surface area (Å²) in [7, 11) is -7.16. The molecule has 0 aliphatic carbocycles. The number of nitrogens with one attached hydrogen (secondary N) is 2. The van der Waals surface area contributed by atoms with Crippen molar-refractivity contribution in [3.05, 3.63) is 53.6 Å². The Hall–Kier alpha value is -1.77. The van der Waals surface area contributed by atoms with Gasteiger partial charge in [-0.1, -0.05) is 11.6 Å². The fraction of sp³-hybridized carbons (Fsp3) is 0.143. The number of halogens is 1. The van der Waals surface area contributed by atoms with E-state index in [9.17, 15) is 16.8 Å². The lowest BCUT2D eigenvalue weighted by atomic mass is 10.3. The minimum Gasteiger partial charge on any atom is -0.284 e. The van der Waals surface area contributed by atoms with Gasteiger partial charge in [0.2, 0.25) is 10.0 Å². The van der Waals surface area contributed by atoms with E-state index in [0.29, 0.717) is 16.4 Å². The zero-order chi connectivity index (χ0) is 17.1. The van der Waals surface area contributed by atoms with Gasteiger partial charge in [-0.25, -0.2) is 16.8 Å². The van der Waals surface area contributed by atoms with Crippen LogP contribution in [0.5, 0.6) is 0 Å². The SMILES string of the molecule is CCS(=O)(=O)Nc1ccc(S(=O)(=O)Nc2ccc(Cl)cc2)cc1. The van der Waals surface area contributed by atoms with Gasteiger partial charge in [0, 0.05) is 16.4 Å². The first-order valence-corrected chi connectivity index (χ1v) is 10.1. The third kappa shape index (κ3) is 4.85. The van der Waals surface area contributed by atoms with Crippen molar-refractivity contribution in [1.29, 1.82) is 0 Å². The van der Waals surface area contributed by atoms with Crippen molar-refractivity contribution in [2.45, 2.75) is 11.8 Å². The molecule has 6 nitrogen and oxygen atoms in total. The van der Waals surface area contributed by atoms with Crippen molar-refractivity contribution in [1.82, 2.24) is 0 Å². The summed E-state index contributed by atoms with van der Waals surface area (Å²) in [5, 5.41) is 0.500. The van der Waals surface area contributed by atoms with E-state index < -0.39 is 20.0 Å². The maximum absolute atomic E-state index is 12.3. The fourth-order valence-electron chi connectivity index (χ4n) is 1.69. The second-order valence-corrected chi connectivity index (χ2v) is 8.77. The highest BCUT2D eigenvalue weighted by Crippen LogP contribution is 2.20. The van der Waals surface area contributed by atoms with Crippen LogP contribution in [0.15, 0.2) is 53.4 Å². The van der Waals surface area contributed by atoms with Crippen molar-refractivity contribution in [2.24, 2.45) is 0 Å². The highest BCUT2D eigenvalue weighted by atomic mass is 35.5. The third-order valence-corrected chi connectivity index (χ3v) is 5.87. The van der Waals surface area contributed by atoms with Crippen LogP contribution in [0, 0.1) is 0 Å². The molecule has 0 fully saturated rings. The zero-order valence-corrected chi connectivity index (χ0v) is 14.5. The van der Waals surface area contributed by atoms with E-state index in [1.54, 1.807) is 24.3 Å². The van der Waals surface area contributed by atoms with Gasteiger partial charge in [0.15, 0.2) is 0 Å². The first kappa shape index (κ1) is 17.6. The molecule has 0 saturated carbocycles. The third-order valence-electron chi connectivity index (χ3n) is 2.91. The number of sulfonamides is 2. The normalized spacial score (nSPS) is 11.9. The molecule has 23 heavy (non-hydrogen) atoms. The first-order valence-electron chi connectivity index (χ1n) is 6.61. The summed E-state index contributed by atoms with van der Waals surface area (Å²) in [4.78, 5) is 0.0203. The lowest BCUT2D eigenvalue weighted by Gasteiger charge is -2.10. The molecule has 0 atom stereocenters. The Morgan fingerprint density at radius 2 is 1.30 bits per heavy atom. The second kappa shape index (κ2) is 6.77. The summed E-state index contributed by atoms with van der Waals surface area (Å²) in [5.74, 6) is -0.0643. The Morgan fingerprint density at radius 3 is 1.83 bits per heavy atom. The highest BCUT2D eigenvalue weighted by Gasteiger charge is 2.15. The van der Waals surface area contributed by atoms with E-state index >= 15 is 0 Å². The lowest BCUT2D eigenvalue weighted by molar-refractivity contribution is 0.600. The van der Waals surface area contributed by atoms with E-state index in [4.69, 9.17) is 11.6 Å². The molecule has 0 spiro atoms. The quantitative estimate of drug-likeness (QED) is 0.813. The molecule has 0 radical (unpaired) electrons. The molecule has 0 unspecified atom stereocenters. The van der Waals surface area contributed by atoms with Crippen molar-refractivity contribution in [3.63, 3.8) is 0 Å². The minimum atomic E-state index is -3.76. The van der Waals surface area contributed by atoms with Crippen LogP contribution in [-0.4, -0.2) is 22.6 Å². The predicted octanol–water partition coefficient (Wildman–Crippen LogP) is 2.90. The van der Waals surface area contributed by atoms with Crippen molar-refractivity contribution < 1.29 is 16.8 Å². The van der Waals surface area contributed by atoms with Gasteiger partial charge in [-0.05, 0) is 55.5 Å². The number of hydrogen-bond acceptors (Lipinski definition) is 4. The summed E-state index contributed by atoms with van der Waals surface area (Å²) >= 11 is 5.75. The molecule has 0 aromatic heterocycles. The summed E-state index contributed by atoms with van der Waals surface area (Å²) in [6.07, 6.45) is 0. The van der Waals surface area contributed by atoms with Gasteiger partial charge in [0.1, 0.15) is 0 Å². The number of rotatable bonds is 6. The van der Waals surface area contributed by atoms with Gasteiger partial charge in [0.25, 0.3) is 10.0 Å². The molecule has 124 valence electrons. The molecule has 2 aromatic carbocycles. The maximum atomic E-state index is 12.3. The van der Waals surface area contributed by atoms with Crippen LogP contribution in [0.4, 0.5) is 11.4 Å². The van der Waals surface area contributed by atoms with Crippen LogP contribution in [0.25, 0.3) is 0 Å². The molecule has 0 aliphatic rings. The van der Waals surface area contributed by atoms with Crippen molar-refractivity contribution in [3.8, 4) is 0 Å². The van der Waals surface area contributed by atoms with Gasteiger partial charge < -0.3 is 0 Å². The maximum Gasteiger partial charge on any atom is 0.261 e. The van der Waals surface area contributed by atoms with Crippen LogP contribution in [0.3, 0.4) is 0 Å². The topological polar surface area (TPSA) is 92.3 Å². The largest absolute Gasteiger partial charge is 0.284 e. The molecule has 2 rings (SSSR count). The highest BCUT2D eigenvalue weighted by molar-refractivity contribution is 7.93. The standard InChI is InChI=1S/C14H15ClN2O4S2/c1-2-22(18,19)16-12-7-9-14(10-8-12)23(20,21)17-13-5-3-11(15)4-6-13/h3-10,16-17H,2H2,1H3. The van der Waals surface area contributed by atoms with Gasteiger partial charge >= 0.3 is 0 Å². The van der Waals surface area contributed by atoms with Crippen LogP contribution in [0.1, 0.15) is 6.92 Å². The Morgan fingerprint density at radius 1 is 0.826 bits per heavy atom. The van der Waals surface area contributed by atoms with Gasteiger partial charge in [-0.2, -0.15) is 0 Å². The zero-order valence-electron chi connectivity index (χ0n) is 12.2. The molecule has 0 aliphatic heterocycles. The summed E-state index contributed by atoms with van der Waals surface area (Å²) < 4.78 is 52.2. The Balaban J connectivity index is 2.19. The van der Waals surface area contributed by atoms with Crippen LogP contribution in [0.2, 0.25) is 5.02 Å². The van der Waals surface area contributed by atoms with Crippen LogP contribution >= 0.6 is 11.6 Å². The van der Waals surface area contributed by atoms with Gasteiger partial charge in [-0.3, -0.25) is 9.44 Å². The van der Waals surface area contributed by atoms with E-state index in [-0.39, 0.29) is 10.6 Å². The number of anilines is 2. The lowest BCUT2D eigenvalue weighted by Crippen LogP contribution is -2.15. The van der Waals surface area contributed by atoms with E-state index in [1.165, 1.54) is 31.2 Å². The second-order valence-electron chi connectivity index (χ2n) is 4.64. The Bertz CT molecular complexity index is 877.